The van der Waals surface area contributed by atoms with E-state index in [9.17, 15) is 4.79 Å². The predicted molar refractivity (Wildman–Crippen MR) is 74.9 cm³/mol. The van der Waals surface area contributed by atoms with Crippen molar-refractivity contribution in [1.29, 1.82) is 0 Å². The second kappa shape index (κ2) is 6.81. The summed E-state index contributed by atoms with van der Waals surface area (Å²) < 4.78 is 5.05. The van der Waals surface area contributed by atoms with Crippen molar-refractivity contribution in [3.63, 3.8) is 0 Å². The predicted octanol–water partition coefficient (Wildman–Crippen LogP) is 1.92. The highest BCUT2D eigenvalue weighted by Gasteiger charge is 2.21. The number of hydrogen-bond acceptors (Lipinski definition) is 5. The fourth-order valence-corrected chi connectivity index (χ4v) is 1.88. The van der Waals surface area contributed by atoms with Gasteiger partial charge < -0.3 is 4.42 Å². The van der Waals surface area contributed by atoms with Crippen molar-refractivity contribution in [2.45, 2.75) is 26.4 Å². The van der Waals surface area contributed by atoms with Crippen molar-refractivity contribution in [2.24, 2.45) is 0 Å². The van der Waals surface area contributed by atoms with E-state index < -0.39 is 0 Å². The molecule has 106 valence electrons. The molecule has 20 heavy (non-hydrogen) atoms. The van der Waals surface area contributed by atoms with Crippen molar-refractivity contribution in [3.05, 3.63) is 42.6 Å². The van der Waals surface area contributed by atoms with E-state index in [1.54, 1.807) is 31.0 Å². The smallest absolute Gasteiger partial charge is 0.243 e. The minimum atomic E-state index is -0.279. The lowest BCUT2D eigenvalue weighted by molar-refractivity contribution is -0.120. The number of rotatable bonds is 6. The SMILES string of the molecule is CCN(Cc1ccoc1)[C@H](C)C(=O)Nc1ncccn1. The van der Waals surface area contributed by atoms with Crippen LogP contribution in [0.5, 0.6) is 0 Å². The molecule has 2 heterocycles. The summed E-state index contributed by atoms with van der Waals surface area (Å²) in [5, 5.41) is 2.71. The van der Waals surface area contributed by atoms with E-state index in [4.69, 9.17) is 4.42 Å². The molecule has 0 fully saturated rings. The monoisotopic (exact) mass is 274 g/mol. The third kappa shape index (κ3) is 3.64. The second-order valence-corrected chi connectivity index (χ2v) is 4.43. The van der Waals surface area contributed by atoms with Crippen LogP contribution in [0.25, 0.3) is 0 Å². The average Bonchev–Trinajstić information content (AvgIpc) is 2.98. The van der Waals surface area contributed by atoms with Crippen LogP contribution < -0.4 is 5.32 Å². The standard InChI is InChI=1S/C14H18N4O2/c1-3-18(9-12-5-8-20-10-12)11(2)13(19)17-14-15-6-4-7-16-14/h4-8,10-11H,3,9H2,1-2H3,(H,15,16,17,19)/t11-/m1/s1. The van der Waals surface area contributed by atoms with Crippen LogP contribution in [0.3, 0.4) is 0 Å². The Labute approximate surface area is 117 Å². The molecule has 0 aliphatic heterocycles. The molecule has 2 aromatic rings. The highest BCUT2D eigenvalue weighted by molar-refractivity contribution is 5.93. The van der Waals surface area contributed by atoms with Gasteiger partial charge in [0.25, 0.3) is 0 Å². The van der Waals surface area contributed by atoms with Crippen LogP contribution in [-0.2, 0) is 11.3 Å². The van der Waals surface area contributed by atoms with E-state index in [0.717, 1.165) is 12.1 Å². The maximum absolute atomic E-state index is 12.2. The van der Waals surface area contributed by atoms with Crippen molar-refractivity contribution in [2.75, 3.05) is 11.9 Å². The molecule has 2 aromatic heterocycles. The first kappa shape index (κ1) is 14.2. The van der Waals surface area contributed by atoms with Gasteiger partial charge in [-0.2, -0.15) is 0 Å². The average molecular weight is 274 g/mol. The maximum atomic E-state index is 12.2. The van der Waals surface area contributed by atoms with Crippen LogP contribution in [0.4, 0.5) is 5.95 Å². The summed E-state index contributed by atoms with van der Waals surface area (Å²) in [6.45, 7) is 5.30. The van der Waals surface area contributed by atoms with Crippen LogP contribution in [0.1, 0.15) is 19.4 Å². The molecule has 2 rings (SSSR count). The largest absolute Gasteiger partial charge is 0.472 e. The first-order valence-electron chi connectivity index (χ1n) is 6.53. The first-order chi connectivity index (χ1) is 9.70. The zero-order valence-corrected chi connectivity index (χ0v) is 11.6. The minimum absolute atomic E-state index is 0.124. The van der Waals surface area contributed by atoms with Gasteiger partial charge in [-0.05, 0) is 25.6 Å². The Morgan fingerprint density at radius 2 is 2.20 bits per heavy atom. The number of nitrogens with zero attached hydrogens (tertiary/aromatic N) is 3. The van der Waals surface area contributed by atoms with Gasteiger partial charge in [-0.15, -0.1) is 0 Å². The summed E-state index contributed by atoms with van der Waals surface area (Å²) in [5.74, 6) is 0.199. The first-order valence-corrected chi connectivity index (χ1v) is 6.53. The highest BCUT2D eigenvalue weighted by atomic mass is 16.3. The highest BCUT2D eigenvalue weighted by Crippen LogP contribution is 2.10. The zero-order chi connectivity index (χ0) is 14.4. The molecule has 0 radical (unpaired) electrons. The number of amides is 1. The molecule has 1 amide bonds. The molecule has 0 aliphatic rings. The van der Waals surface area contributed by atoms with Gasteiger partial charge in [0, 0.05) is 24.5 Å². The lowest BCUT2D eigenvalue weighted by Crippen LogP contribution is -2.41. The normalized spacial score (nSPS) is 12.3. The lowest BCUT2D eigenvalue weighted by atomic mass is 10.2. The summed E-state index contributed by atoms with van der Waals surface area (Å²) in [6, 6.07) is 3.32. The summed E-state index contributed by atoms with van der Waals surface area (Å²) >= 11 is 0. The molecule has 6 heteroatoms. The molecular formula is C14H18N4O2. The fraction of sp³-hybridized carbons (Fsp3) is 0.357. The van der Waals surface area contributed by atoms with Gasteiger partial charge in [0.2, 0.25) is 11.9 Å². The van der Waals surface area contributed by atoms with Gasteiger partial charge in [-0.1, -0.05) is 6.92 Å². The van der Waals surface area contributed by atoms with E-state index in [0.29, 0.717) is 12.5 Å². The summed E-state index contributed by atoms with van der Waals surface area (Å²) in [4.78, 5) is 22.2. The van der Waals surface area contributed by atoms with Crippen molar-refractivity contribution >= 4 is 11.9 Å². The lowest BCUT2D eigenvalue weighted by Gasteiger charge is -2.26. The number of hydrogen-bond donors (Lipinski definition) is 1. The summed E-state index contributed by atoms with van der Waals surface area (Å²) in [5.41, 5.74) is 1.04. The molecule has 0 unspecified atom stereocenters. The third-order valence-electron chi connectivity index (χ3n) is 3.10. The van der Waals surface area contributed by atoms with Gasteiger partial charge in [-0.25, -0.2) is 9.97 Å². The van der Waals surface area contributed by atoms with Crippen molar-refractivity contribution in [3.8, 4) is 0 Å². The van der Waals surface area contributed by atoms with E-state index in [2.05, 4.69) is 15.3 Å². The van der Waals surface area contributed by atoms with Crippen molar-refractivity contribution < 1.29 is 9.21 Å². The Hall–Kier alpha value is -2.21. The van der Waals surface area contributed by atoms with Crippen LogP contribution in [0.2, 0.25) is 0 Å². The Morgan fingerprint density at radius 1 is 1.45 bits per heavy atom. The van der Waals surface area contributed by atoms with E-state index >= 15 is 0 Å². The molecule has 0 aliphatic carbocycles. The van der Waals surface area contributed by atoms with Crippen LogP contribution >= 0.6 is 0 Å². The molecular weight excluding hydrogens is 256 g/mol. The third-order valence-corrected chi connectivity index (χ3v) is 3.10. The molecule has 0 saturated carbocycles. The molecule has 0 spiro atoms. The Morgan fingerprint density at radius 3 is 2.80 bits per heavy atom. The number of likely N-dealkylation sites (N-methyl/N-ethyl adjacent to an activating group) is 1. The van der Waals surface area contributed by atoms with Crippen molar-refractivity contribution in [1.82, 2.24) is 14.9 Å². The quantitative estimate of drug-likeness (QED) is 0.871. The number of aromatic nitrogens is 2. The molecule has 0 saturated heterocycles. The Bertz CT molecular complexity index is 527. The Kier molecular flexibility index (Phi) is 4.84. The van der Waals surface area contributed by atoms with Gasteiger partial charge in [-0.3, -0.25) is 15.0 Å². The second-order valence-electron chi connectivity index (χ2n) is 4.43. The van der Waals surface area contributed by atoms with Gasteiger partial charge >= 0.3 is 0 Å². The van der Waals surface area contributed by atoms with Gasteiger partial charge in [0.15, 0.2) is 0 Å². The maximum Gasteiger partial charge on any atom is 0.243 e. The summed E-state index contributed by atoms with van der Waals surface area (Å²) in [7, 11) is 0. The fourth-order valence-electron chi connectivity index (χ4n) is 1.88. The Balaban J connectivity index is 1.97. The molecule has 0 aromatic carbocycles. The number of nitrogens with one attached hydrogen (secondary N) is 1. The molecule has 0 bridgehead atoms. The number of carbonyl (C=O) groups excluding carboxylic acids is 1. The van der Waals surface area contributed by atoms with Crippen LogP contribution in [0, 0.1) is 0 Å². The van der Waals surface area contributed by atoms with Gasteiger partial charge in [0.1, 0.15) is 0 Å². The topological polar surface area (TPSA) is 71.3 Å². The molecule has 1 N–H and O–H groups in total. The molecule has 1 atom stereocenters. The number of furan rings is 1. The minimum Gasteiger partial charge on any atom is -0.472 e. The van der Waals surface area contributed by atoms with E-state index in [1.165, 1.54) is 0 Å². The van der Waals surface area contributed by atoms with E-state index in [-0.39, 0.29) is 11.9 Å². The van der Waals surface area contributed by atoms with Crippen LogP contribution in [0.15, 0.2) is 41.5 Å². The number of carbonyl (C=O) groups is 1. The van der Waals surface area contributed by atoms with Crippen LogP contribution in [-0.4, -0.2) is 33.4 Å². The molecule has 6 nitrogen and oxygen atoms in total. The van der Waals surface area contributed by atoms with E-state index in [1.807, 2.05) is 24.8 Å². The number of anilines is 1. The van der Waals surface area contributed by atoms with Gasteiger partial charge in [0.05, 0.1) is 18.6 Å². The zero-order valence-electron chi connectivity index (χ0n) is 11.6. The summed E-state index contributed by atoms with van der Waals surface area (Å²) in [6.07, 6.45) is 6.51.